The third-order valence-corrected chi connectivity index (χ3v) is 5.90. The number of nitrogens with zero attached hydrogens (tertiary/aromatic N) is 3. The summed E-state index contributed by atoms with van der Waals surface area (Å²) in [5, 5.41) is 11.2. The van der Waals surface area contributed by atoms with Gasteiger partial charge in [0.15, 0.2) is 17.3 Å². The van der Waals surface area contributed by atoms with Crippen molar-refractivity contribution < 1.29 is 32.2 Å². The van der Waals surface area contributed by atoms with Crippen molar-refractivity contribution in [3.63, 3.8) is 0 Å². The Balaban J connectivity index is 1.46. The summed E-state index contributed by atoms with van der Waals surface area (Å²) >= 11 is 6.24. The third kappa shape index (κ3) is 5.43. The van der Waals surface area contributed by atoms with Crippen molar-refractivity contribution in [3.8, 4) is 17.2 Å². The van der Waals surface area contributed by atoms with Crippen LogP contribution in [-0.4, -0.2) is 53.5 Å². The van der Waals surface area contributed by atoms with Gasteiger partial charge >= 0.3 is 6.18 Å². The van der Waals surface area contributed by atoms with Crippen molar-refractivity contribution >= 4 is 51.4 Å². The molecule has 2 aliphatic rings. The Labute approximate surface area is 206 Å². The van der Waals surface area contributed by atoms with Crippen molar-refractivity contribution in [2.24, 2.45) is 10.1 Å². The maximum Gasteiger partial charge on any atom is 0.441 e. The van der Waals surface area contributed by atoms with Gasteiger partial charge in [-0.25, -0.2) is 0 Å². The minimum Gasteiger partial charge on any atom is -0.493 e. The van der Waals surface area contributed by atoms with E-state index in [1.54, 1.807) is 42.5 Å². The predicted octanol–water partition coefficient (Wildman–Crippen LogP) is 4.99. The number of carbonyl (C=O) groups excluding carboxylic acids is 1. The van der Waals surface area contributed by atoms with Gasteiger partial charge in [0.1, 0.15) is 19.0 Å². The fraction of sp³-hybridized carbons (Fsp3) is 0.182. The van der Waals surface area contributed by atoms with Crippen LogP contribution in [0.5, 0.6) is 17.2 Å². The number of alkyl halides is 3. The second-order valence-electron chi connectivity index (χ2n) is 6.96. The molecule has 0 unspecified atom stereocenters. The Hall–Kier alpha value is -3.51. The molecule has 0 spiro atoms. The molecule has 0 saturated carbocycles. The summed E-state index contributed by atoms with van der Waals surface area (Å²) in [6.45, 7) is 0.410. The summed E-state index contributed by atoms with van der Waals surface area (Å²) in [7, 11) is 1.43. The number of halogens is 4. The lowest BCUT2D eigenvalue weighted by Crippen LogP contribution is -2.35. The number of hydrogen-bond donors (Lipinski definition) is 1. The highest BCUT2D eigenvalue weighted by Crippen LogP contribution is 2.36. The van der Waals surface area contributed by atoms with Gasteiger partial charge in [-0.05, 0) is 47.7 Å². The maximum atomic E-state index is 13.0. The second kappa shape index (κ2) is 10.0. The zero-order chi connectivity index (χ0) is 25.2. The summed E-state index contributed by atoms with van der Waals surface area (Å²) in [6, 6.07) is 11.8. The number of hydrazone groups is 1. The number of benzene rings is 2. The number of hydrogen-bond acceptors (Lipinski definition) is 7. The van der Waals surface area contributed by atoms with Gasteiger partial charge in [0, 0.05) is 0 Å². The molecular weight excluding hydrogens is 509 g/mol. The van der Waals surface area contributed by atoms with E-state index in [4.69, 9.17) is 31.2 Å². The van der Waals surface area contributed by atoms with Gasteiger partial charge in [-0.1, -0.05) is 29.8 Å². The fourth-order valence-electron chi connectivity index (χ4n) is 3.03. The molecule has 0 aliphatic carbocycles. The summed E-state index contributed by atoms with van der Waals surface area (Å²) in [6.07, 6.45) is -3.39. The lowest BCUT2D eigenvalue weighted by atomic mass is 10.1. The normalized spacial score (nSPS) is 16.7. The number of carbonyl (C=O) groups is 1. The first kappa shape index (κ1) is 24.6. The molecule has 1 N–H and O–H groups in total. The molecule has 0 radical (unpaired) electrons. The van der Waals surface area contributed by atoms with E-state index in [9.17, 15) is 18.0 Å². The Kier molecular flexibility index (Phi) is 7.03. The zero-order valence-corrected chi connectivity index (χ0v) is 19.5. The van der Waals surface area contributed by atoms with E-state index in [1.807, 2.05) is 0 Å². The molecule has 0 bridgehead atoms. The first-order valence-corrected chi connectivity index (χ1v) is 11.1. The zero-order valence-electron chi connectivity index (χ0n) is 17.9. The highest BCUT2D eigenvalue weighted by Gasteiger charge is 2.46. The van der Waals surface area contributed by atoms with Crippen LogP contribution in [-0.2, 0) is 4.79 Å². The molecule has 2 aromatic rings. The molecule has 2 heterocycles. The topological polar surface area (TPSA) is 96.6 Å². The highest BCUT2D eigenvalue weighted by atomic mass is 35.5. The highest BCUT2D eigenvalue weighted by molar-refractivity contribution is 8.27. The summed E-state index contributed by atoms with van der Waals surface area (Å²) in [5.41, 5.74) is 0.227. The van der Waals surface area contributed by atoms with Gasteiger partial charge in [-0.3, -0.25) is 10.2 Å². The van der Waals surface area contributed by atoms with Crippen molar-refractivity contribution in [3.05, 3.63) is 58.6 Å². The summed E-state index contributed by atoms with van der Waals surface area (Å²) < 4.78 is 55.5. The van der Waals surface area contributed by atoms with Gasteiger partial charge < -0.3 is 14.2 Å². The number of ether oxygens (including phenoxy) is 3. The number of amidine groups is 2. The third-order valence-electron chi connectivity index (χ3n) is 4.63. The van der Waals surface area contributed by atoms with Crippen LogP contribution >= 0.6 is 23.4 Å². The largest absolute Gasteiger partial charge is 0.493 e. The molecule has 0 fully saturated rings. The van der Waals surface area contributed by atoms with Crippen LogP contribution < -0.4 is 14.2 Å². The number of rotatable bonds is 7. The van der Waals surface area contributed by atoms with E-state index in [2.05, 4.69) is 10.1 Å². The van der Waals surface area contributed by atoms with E-state index >= 15 is 0 Å². The van der Waals surface area contributed by atoms with Crippen LogP contribution in [0.2, 0.25) is 5.02 Å². The molecule has 0 atom stereocenters. The van der Waals surface area contributed by atoms with Gasteiger partial charge in [-0.2, -0.15) is 28.3 Å². The number of methoxy groups -OCH3 is 1. The standard InChI is InChI=1S/C22H16ClF3N4O4S/c1-32-17-11-12(6-7-16(17)34-9-8-33-15-5-3-2-4-14(15)23)10-13-18(27)30-21(28-19(13)31)35-20(29-30)22(24,25)26/h2-7,10-11,27H,8-9H2,1H3/b13-10+,27-18?. The quantitative estimate of drug-likeness (QED) is 0.405. The number of para-hydroxylation sites is 1. The number of nitrogens with one attached hydrogen (secondary N) is 1. The molecule has 13 heteroatoms. The average molecular weight is 525 g/mol. The minimum absolute atomic E-state index is 0.189. The van der Waals surface area contributed by atoms with Crippen molar-refractivity contribution in [1.29, 1.82) is 5.41 Å². The van der Waals surface area contributed by atoms with E-state index < -0.39 is 23.0 Å². The van der Waals surface area contributed by atoms with Gasteiger partial charge in [0.25, 0.3) is 5.91 Å². The number of fused-ring (bicyclic) bond motifs is 1. The smallest absolute Gasteiger partial charge is 0.441 e. The second-order valence-corrected chi connectivity index (χ2v) is 8.32. The van der Waals surface area contributed by atoms with Crippen LogP contribution in [0.1, 0.15) is 5.56 Å². The lowest BCUT2D eigenvalue weighted by Gasteiger charge is -2.20. The SMILES string of the molecule is COc1cc(/C=C2\C(=N)N3N=C(C(F)(F)F)SC3=NC2=O)ccc1OCCOc1ccccc1Cl. The maximum absolute atomic E-state index is 13.0. The number of aliphatic imine (C=N–C) groups is 1. The first-order valence-electron chi connectivity index (χ1n) is 9.93. The van der Waals surface area contributed by atoms with Crippen molar-refractivity contribution in [2.45, 2.75) is 6.18 Å². The molecular formula is C22H16ClF3N4O4S. The average Bonchev–Trinajstić information content (AvgIpc) is 3.26. The number of thioether (sulfide) groups is 1. The van der Waals surface area contributed by atoms with E-state index in [0.717, 1.165) is 0 Å². The Morgan fingerprint density at radius 1 is 1.11 bits per heavy atom. The monoisotopic (exact) mass is 524 g/mol. The van der Waals surface area contributed by atoms with E-state index in [0.29, 0.717) is 32.8 Å². The summed E-state index contributed by atoms with van der Waals surface area (Å²) in [5.74, 6) is -0.0883. The van der Waals surface area contributed by atoms with Crippen LogP contribution in [0.4, 0.5) is 13.2 Å². The molecule has 2 aliphatic heterocycles. The van der Waals surface area contributed by atoms with Gasteiger partial charge in [0.05, 0.1) is 17.7 Å². The Morgan fingerprint density at radius 2 is 1.83 bits per heavy atom. The van der Waals surface area contributed by atoms with Gasteiger partial charge in [0.2, 0.25) is 10.2 Å². The molecule has 35 heavy (non-hydrogen) atoms. The fourth-order valence-corrected chi connectivity index (χ4v) is 3.98. The number of amides is 1. The minimum atomic E-state index is -4.71. The van der Waals surface area contributed by atoms with Crippen LogP contribution in [0, 0.1) is 5.41 Å². The van der Waals surface area contributed by atoms with Gasteiger partial charge in [-0.15, -0.1) is 0 Å². The van der Waals surface area contributed by atoms with E-state index in [1.165, 1.54) is 13.2 Å². The van der Waals surface area contributed by atoms with Crippen LogP contribution in [0.25, 0.3) is 6.08 Å². The van der Waals surface area contributed by atoms with Crippen LogP contribution in [0.15, 0.2) is 58.1 Å². The molecule has 1 amide bonds. The predicted molar refractivity (Wildman–Crippen MR) is 127 cm³/mol. The Morgan fingerprint density at radius 3 is 2.51 bits per heavy atom. The molecule has 4 rings (SSSR count). The molecule has 182 valence electrons. The van der Waals surface area contributed by atoms with Crippen molar-refractivity contribution in [2.75, 3.05) is 20.3 Å². The molecule has 2 aromatic carbocycles. The molecule has 0 saturated heterocycles. The van der Waals surface area contributed by atoms with E-state index in [-0.39, 0.29) is 35.7 Å². The van der Waals surface area contributed by atoms with Crippen molar-refractivity contribution in [1.82, 2.24) is 5.01 Å². The molecule has 8 nitrogen and oxygen atoms in total. The summed E-state index contributed by atoms with van der Waals surface area (Å²) in [4.78, 5) is 16.0. The first-order chi connectivity index (χ1) is 16.7. The molecule has 0 aromatic heterocycles. The van der Waals surface area contributed by atoms with Crippen LogP contribution in [0.3, 0.4) is 0 Å². The lowest BCUT2D eigenvalue weighted by molar-refractivity contribution is -0.114. The Bertz CT molecular complexity index is 1280.